The Bertz CT molecular complexity index is 1120. The molecule has 9 heteroatoms. The van der Waals surface area contributed by atoms with E-state index in [1.54, 1.807) is 25.1 Å². The van der Waals surface area contributed by atoms with Crippen LogP contribution in [0, 0.1) is 6.92 Å². The van der Waals surface area contributed by atoms with Crippen molar-refractivity contribution in [3.63, 3.8) is 0 Å². The van der Waals surface area contributed by atoms with Crippen LogP contribution in [0.2, 0.25) is 0 Å². The van der Waals surface area contributed by atoms with Crippen molar-refractivity contribution in [3.05, 3.63) is 77.9 Å². The van der Waals surface area contributed by atoms with E-state index in [0.29, 0.717) is 5.56 Å². The van der Waals surface area contributed by atoms with Gasteiger partial charge in [-0.2, -0.15) is 0 Å². The number of nitrogens with zero attached hydrogens (tertiary/aromatic N) is 1. The molecule has 3 atom stereocenters. The number of phenols is 1. The summed E-state index contributed by atoms with van der Waals surface area (Å²) in [6.07, 6.45) is 0.147. The largest absolute Gasteiger partial charge is 0.508 e. The maximum atomic E-state index is 13.6. The van der Waals surface area contributed by atoms with Gasteiger partial charge >= 0.3 is 0 Å². The van der Waals surface area contributed by atoms with Gasteiger partial charge in [-0.15, -0.1) is 18.3 Å². The number of amides is 3. The highest BCUT2D eigenvalue weighted by molar-refractivity contribution is 8.00. The highest BCUT2D eigenvalue weighted by Crippen LogP contribution is 2.39. The van der Waals surface area contributed by atoms with Gasteiger partial charge in [0.15, 0.2) is 6.10 Å². The standard InChI is InChI=1S/C27H33N3O5S/c1-5-14-28-25(34)23-27(3,4)36-16-30(23)26(35)22(32)20(15-18-10-7-6-8-11-18)29-24(33)19-12-9-13-21(31)17(19)2/h5-13,20,22-23,31-32H,1,14-16H2,2-4H3,(H,28,34)(H,29,33)/t20?,22-,23+/m0/s1. The summed E-state index contributed by atoms with van der Waals surface area (Å²) in [6, 6.07) is 12.0. The van der Waals surface area contributed by atoms with E-state index in [0.717, 1.165) is 5.56 Å². The molecule has 2 aromatic carbocycles. The fraction of sp³-hybridized carbons (Fsp3) is 0.370. The van der Waals surface area contributed by atoms with Crippen LogP contribution in [0.25, 0.3) is 0 Å². The summed E-state index contributed by atoms with van der Waals surface area (Å²) in [4.78, 5) is 41.0. The van der Waals surface area contributed by atoms with E-state index in [-0.39, 0.29) is 36.1 Å². The molecule has 1 fully saturated rings. The lowest BCUT2D eigenvalue weighted by atomic mass is 9.96. The van der Waals surface area contributed by atoms with Crippen molar-refractivity contribution in [2.45, 2.75) is 50.1 Å². The Hall–Kier alpha value is -3.30. The minimum atomic E-state index is -1.60. The Morgan fingerprint density at radius 2 is 1.89 bits per heavy atom. The predicted octanol–water partition coefficient (Wildman–Crippen LogP) is 2.38. The van der Waals surface area contributed by atoms with E-state index < -0.39 is 34.7 Å². The van der Waals surface area contributed by atoms with Crippen LogP contribution in [-0.2, 0) is 16.0 Å². The van der Waals surface area contributed by atoms with Crippen molar-refractivity contribution in [2.24, 2.45) is 0 Å². The molecule has 0 radical (unpaired) electrons. The average molecular weight is 512 g/mol. The van der Waals surface area contributed by atoms with Crippen LogP contribution < -0.4 is 10.6 Å². The molecule has 2 aromatic rings. The average Bonchev–Trinajstić information content (AvgIpc) is 3.18. The second-order valence-corrected chi connectivity index (χ2v) is 10.9. The van der Waals surface area contributed by atoms with Crippen LogP contribution in [0.15, 0.2) is 61.2 Å². The first-order valence-electron chi connectivity index (χ1n) is 11.7. The number of carbonyl (C=O) groups excluding carboxylic acids is 3. The zero-order chi connectivity index (χ0) is 26.5. The molecule has 0 spiro atoms. The summed E-state index contributed by atoms with van der Waals surface area (Å²) in [6.45, 7) is 9.25. The van der Waals surface area contributed by atoms with Gasteiger partial charge in [0.25, 0.3) is 11.8 Å². The molecule has 8 nitrogen and oxygen atoms in total. The Balaban J connectivity index is 1.88. The summed E-state index contributed by atoms with van der Waals surface area (Å²) >= 11 is 1.45. The smallest absolute Gasteiger partial charge is 0.254 e. The van der Waals surface area contributed by atoms with Gasteiger partial charge in [-0.25, -0.2) is 0 Å². The Morgan fingerprint density at radius 1 is 1.19 bits per heavy atom. The van der Waals surface area contributed by atoms with Gasteiger partial charge in [-0.1, -0.05) is 42.5 Å². The zero-order valence-electron chi connectivity index (χ0n) is 20.7. The lowest BCUT2D eigenvalue weighted by molar-refractivity contribution is -0.147. The molecule has 3 rings (SSSR count). The molecule has 0 saturated carbocycles. The van der Waals surface area contributed by atoms with Crippen molar-refractivity contribution >= 4 is 29.5 Å². The third-order valence-corrected chi connectivity index (χ3v) is 7.67. The lowest BCUT2D eigenvalue weighted by Crippen LogP contribution is -2.58. The minimum Gasteiger partial charge on any atom is -0.508 e. The number of thioether (sulfide) groups is 1. The molecule has 0 aliphatic carbocycles. The van der Waals surface area contributed by atoms with Crippen molar-refractivity contribution < 1.29 is 24.6 Å². The second-order valence-electron chi connectivity index (χ2n) is 9.29. The number of nitrogens with one attached hydrogen (secondary N) is 2. The first-order chi connectivity index (χ1) is 17.1. The highest BCUT2D eigenvalue weighted by Gasteiger charge is 2.49. The molecular formula is C27H33N3O5S. The van der Waals surface area contributed by atoms with Crippen molar-refractivity contribution in [2.75, 3.05) is 12.4 Å². The monoisotopic (exact) mass is 511 g/mol. The molecule has 1 aliphatic heterocycles. The van der Waals surface area contributed by atoms with E-state index in [1.165, 1.54) is 22.7 Å². The van der Waals surface area contributed by atoms with Crippen molar-refractivity contribution in [1.82, 2.24) is 15.5 Å². The predicted molar refractivity (Wildman–Crippen MR) is 141 cm³/mol. The van der Waals surface area contributed by atoms with Crippen LogP contribution in [0.1, 0.15) is 35.3 Å². The maximum absolute atomic E-state index is 13.6. The maximum Gasteiger partial charge on any atom is 0.254 e. The number of hydrogen-bond acceptors (Lipinski definition) is 6. The summed E-state index contributed by atoms with van der Waals surface area (Å²) in [5.41, 5.74) is 1.46. The molecular weight excluding hydrogens is 478 g/mol. The third-order valence-electron chi connectivity index (χ3n) is 6.30. The van der Waals surface area contributed by atoms with E-state index in [1.807, 2.05) is 44.2 Å². The van der Waals surface area contributed by atoms with Crippen molar-refractivity contribution in [1.29, 1.82) is 0 Å². The quantitative estimate of drug-likeness (QED) is 0.384. The highest BCUT2D eigenvalue weighted by atomic mass is 32.2. The van der Waals surface area contributed by atoms with Gasteiger partial charge in [-0.3, -0.25) is 14.4 Å². The summed E-state index contributed by atoms with van der Waals surface area (Å²) < 4.78 is -0.572. The van der Waals surface area contributed by atoms with Crippen LogP contribution in [0.5, 0.6) is 5.75 Å². The number of rotatable bonds is 9. The number of aromatic hydroxyl groups is 1. The zero-order valence-corrected chi connectivity index (χ0v) is 21.5. The van der Waals surface area contributed by atoms with Gasteiger partial charge in [-0.05, 0) is 44.9 Å². The first kappa shape index (κ1) is 27.3. The number of phenolic OH excluding ortho intramolecular Hbond substituents is 1. The Kier molecular flexibility index (Phi) is 8.81. The lowest BCUT2D eigenvalue weighted by Gasteiger charge is -2.33. The second kappa shape index (κ2) is 11.6. The SMILES string of the molecule is C=CCNC(=O)[C@H]1N(C(=O)[C@@H](O)C(Cc2ccccc2)NC(=O)c2cccc(O)c2C)CSC1(C)C. The molecule has 192 valence electrons. The number of benzene rings is 2. The van der Waals surface area contributed by atoms with E-state index in [4.69, 9.17) is 0 Å². The fourth-order valence-electron chi connectivity index (χ4n) is 4.25. The normalized spacial score (nSPS) is 18.2. The number of aliphatic hydroxyl groups excluding tert-OH is 1. The molecule has 0 bridgehead atoms. The fourth-order valence-corrected chi connectivity index (χ4v) is 5.39. The number of aliphatic hydroxyl groups is 1. The molecule has 1 unspecified atom stereocenters. The third kappa shape index (κ3) is 6.09. The first-order valence-corrected chi connectivity index (χ1v) is 12.7. The molecule has 1 aliphatic rings. The van der Waals surface area contributed by atoms with Gasteiger partial charge in [0.05, 0.1) is 11.9 Å². The Morgan fingerprint density at radius 3 is 2.56 bits per heavy atom. The van der Waals surface area contributed by atoms with Gasteiger partial charge in [0.1, 0.15) is 11.8 Å². The van der Waals surface area contributed by atoms with E-state index in [2.05, 4.69) is 17.2 Å². The van der Waals surface area contributed by atoms with Crippen molar-refractivity contribution in [3.8, 4) is 5.75 Å². The van der Waals surface area contributed by atoms with Gasteiger partial charge in [0, 0.05) is 22.4 Å². The molecule has 1 saturated heterocycles. The minimum absolute atomic E-state index is 0.0245. The van der Waals surface area contributed by atoms with Gasteiger partial charge in [0.2, 0.25) is 5.91 Å². The number of carbonyl (C=O) groups is 3. The summed E-state index contributed by atoms with van der Waals surface area (Å²) in [5, 5.41) is 26.8. The van der Waals surface area contributed by atoms with E-state index >= 15 is 0 Å². The molecule has 4 N–H and O–H groups in total. The topological polar surface area (TPSA) is 119 Å². The van der Waals surface area contributed by atoms with Crippen LogP contribution in [0.4, 0.5) is 0 Å². The van der Waals surface area contributed by atoms with Crippen LogP contribution >= 0.6 is 11.8 Å². The van der Waals surface area contributed by atoms with E-state index in [9.17, 15) is 24.6 Å². The molecule has 3 amide bonds. The number of hydrogen-bond donors (Lipinski definition) is 4. The van der Waals surface area contributed by atoms with Crippen LogP contribution in [0.3, 0.4) is 0 Å². The Labute approximate surface area is 215 Å². The molecule has 36 heavy (non-hydrogen) atoms. The van der Waals surface area contributed by atoms with Gasteiger partial charge < -0.3 is 25.7 Å². The molecule has 1 heterocycles. The summed E-state index contributed by atoms with van der Waals surface area (Å²) in [7, 11) is 0. The molecule has 0 aromatic heterocycles. The van der Waals surface area contributed by atoms with Crippen LogP contribution in [-0.4, -0.2) is 68.2 Å². The summed E-state index contributed by atoms with van der Waals surface area (Å²) in [5.74, 6) is -1.28.